The molecule has 5 heteroatoms. The summed E-state index contributed by atoms with van der Waals surface area (Å²) in [6.45, 7) is 3.31. The van der Waals surface area contributed by atoms with Crippen molar-refractivity contribution in [2.75, 3.05) is 13.1 Å². The van der Waals surface area contributed by atoms with E-state index in [1.807, 2.05) is 11.8 Å². The summed E-state index contributed by atoms with van der Waals surface area (Å²) >= 11 is 0. The van der Waals surface area contributed by atoms with E-state index in [9.17, 15) is 13.6 Å². The molecule has 104 valence electrons. The maximum absolute atomic E-state index is 13.1. The van der Waals surface area contributed by atoms with Crippen molar-refractivity contribution in [2.24, 2.45) is 17.6 Å². The number of nitrogens with zero attached hydrogens (tertiary/aromatic N) is 1. The van der Waals surface area contributed by atoms with Crippen molar-refractivity contribution in [2.45, 2.75) is 51.0 Å². The fourth-order valence-electron chi connectivity index (χ4n) is 3.14. The van der Waals surface area contributed by atoms with E-state index >= 15 is 0 Å². The molecule has 2 rings (SSSR count). The number of hydrogen-bond acceptors (Lipinski definition) is 2. The highest BCUT2D eigenvalue weighted by Gasteiger charge is 2.41. The molecule has 18 heavy (non-hydrogen) atoms. The summed E-state index contributed by atoms with van der Waals surface area (Å²) in [6.07, 6.45) is 1.29. The first-order chi connectivity index (χ1) is 8.43. The summed E-state index contributed by atoms with van der Waals surface area (Å²) in [6, 6.07) is 0.202. The van der Waals surface area contributed by atoms with Gasteiger partial charge in [-0.25, -0.2) is 8.78 Å². The first-order valence-corrected chi connectivity index (χ1v) is 6.81. The van der Waals surface area contributed by atoms with Crippen LogP contribution in [0.25, 0.3) is 0 Å². The molecule has 0 spiro atoms. The molecule has 3 nitrogen and oxygen atoms in total. The molecule has 1 aliphatic carbocycles. The van der Waals surface area contributed by atoms with Crippen LogP contribution in [-0.4, -0.2) is 35.9 Å². The highest BCUT2D eigenvalue weighted by Crippen LogP contribution is 2.38. The Balaban J connectivity index is 1.92. The zero-order valence-corrected chi connectivity index (χ0v) is 10.9. The summed E-state index contributed by atoms with van der Waals surface area (Å²) in [5.74, 6) is -2.33. The molecule has 0 aromatic heterocycles. The molecule has 1 saturated heterocycles. The van der Waals surface area contributed by atoms with Gasteiger partial charge in [0, 0.05) is 31.3 Å². The van der Waals surface area contributed by atoms with Gasteiger partial charge in [0.25, 0.3) is 0 Å². The minimum atomic E-state index is -2.56. The second-order valence-electron chi connectivity index (χ2n) is 5.81. The number of carbonyl (C=O) groups is 1. The van der Waals surface area contributed by atoms with Gasteiger partial charge in [-0.3, -0.25) is 4.79 Å². The molecule has 1 saturated carbocycles. The fourth-order valence-corrected chi connectivity index (χ4v) is 3.14. The van der Waals surface area contributed by atoms with Gasteiger partial charge in [-0.15, -0.1) is 0 Å². The standard InChI is InChI=1S/C13H22F2N2O/c1-9-6-10(7-16)8-17(9)12(18)11-2-4-13(14,15)5-3-11/h9-11H,2-8,16H2,1H3. The lowest BCUT2D eigenvalue weighted by Gasteiger charge is -2.32. The molecule has 1 aliphatic heterocycles. The van der Waals surface area contributed by atoms with Gasteiger partial charge in [-0.2, -0.15) is 0 Å². The van der Waals surface area contributed by atoms with Crippen LogP contribution in [0, 0.1) is 11.8 Å². The van der Waals surface area contributed by atoms with Crippen LogP contribution in [0.5, 0.6) is 0 Å². The Kier molecular flexibility index (Phi) is 3.90. The molecule has 2 unspecified atom stereocenters. The molecule has 2 fully saturated rings. The highest BCUT2D eigenvalue weighted by atomic mass is 19.3. The van der Waals surface area contributed by atoms with Crippen LogP contribution < -0.4 is 5.73 Å². The Morgan fingerprint density at radius 2 is 2.00 bits per heavy atom. The predicted octanol–water partition coefficient (Wildman–Crippen LogP) is 2.01. The van der Waals surface area contributed by atoms with Gasteiger partial charge < -0.3 is 10.6 Å². The van der Waals surface area contributed by atoms with Crippen molar-refractivity contribution < 1.29 is 13.6 Å². The summed E-state index contributed by atoms with van der Waals surface area (Å²) in [5.41, 5.74) is 5.64. The third-order valence-corrected chi connectivity index (χ3v) is 4.34. The molecule has 1 heterocycles. The highest BCUT2D eigenvalue weighted by molar-refractivity contribution is 5.79. The first kappa shape index (κ1) is 13.7. The number of likely N-dealkylation sites (tertiary alicyclic amines) is 1. The van der Waals surface area contributed by atoms with Gasteiger partial charge in [-0.05, 0) is 38.6 Å². The lowest BCUT2D eigenvalue weighted by molar-refractivity contribution is -0.140. The topological polar surface area (TPSA) is 46.3 Å². The van der Waals surface area contributed by atoms with E-state index in [2.05, 4.69) is 0 Å². The van der Waals surface area contributed by atoms with Gasteiger partial charge in [0.2, 0.25) is 11.8 Å². The minimum absolute atomic E-state index is 0.0638. The molecule has 0 aromatic carbocycles. The third kappa shape index (κ3) is 2.82. The van der Waals surface area contributed by atoms with Crippen LogP contribution in [-0.2, 0) is 4.79 Å². The Bertz CT molecular complexity index is 312. The van der Waals surface area contributed by atoms with E-state index in [0.717, 1.165) is 6.42 Å². The molecule has 0 radical (unpaired) electrons. The Hall–Kier alpha value is -0.710. The SMILES string of the molecule is CC1CC(CN)CN1C(=O)C1CCC(F)(F)CC1. The number of carbonyl (C=O) groups excluding carboxylic acids is 1. The second-order valence-corrected chi connectivity index (χ2v) is 5.81. The molecular formula is C13H22F2N2O. The smallest absolute Gasteiger partial charge is 0.248 e. The quantitative estimate of drug-likeness (QED) is 0.825. The van der Waals surface area contributed by atoms with Crippen molar-refractivity contribution in [3.05, 3.63) is 0 Å². The van der Waals surface area contributed by atoms with E-state index < -0.39 is 5.92 Å². The number of rotatable bonds is 2. The Morgan fingerprint density at radius 3 is 2.50 bits per heavy atom. The first-order valence-electron chi connectivity index (χ1n) is 6.81. The molecule has 2 atom stereocenters. The largest absolute Gasteiger partial charge is 0.339 e. The van der Waals surface area contributed by atoms with Crippen molar-refractivity contribution in [3.8, 4) is 0 Å². The summed E-state index contributed by atoms with van der Waals surface area (Å²) < 4.78 is 26.1. The maximum atomic E-state index is 13.1. The average molecular weight is 260 g/mol. The number of nitrogens with two attached hydrogens (primary N) is 1. The molecule has 2 aliphatic rings. The van der Waals surface area contributed by atoms with E-state index in [0.29, 0.717) is 31.8 Å². The summed E-state index contributed by atoms with van der Waals surface area (Å²) in [7, 11) is 0. The van der Waals surface area contributed by atoms with Gasteiger partial charge in [-0.1, -0.05) is 0 Å². The molecular weight excluding hydrogens is 238 g/mol. The molecule has 2 N–H and O–H groups in total. The monoisotopic (exact) mass is 260 g/mol. The minimum Gasteiger partial charge on any atom is -0.339 e. The van der Waals surface area contributed by atoms with Gasteiger partial charge in [0.15, 0.2) is 0 Å². The normalized spacial score (nSPS) is 32.8. The predicted molar refractivity (Wildman–Crippen MR) is 65.2 cm³/mol. The number of halogens is 2. The van der Waals surface area contributed by atoms with Crippen LogP contribution in [0.15, 0.2) is 0 Å². The lowest BCUT2D eigenvalue weighted by Crippen LogP contribution is -2.41. The lowest BCUT2D eigenvalue weighted by atomic mass is 9.86. The zero-order valence-electron chi connectivity index (χ0n) is 10.9. The van der Waals surface area contributed by atoms with Crippen molar-refractivity contribution in [1.82, 2.24) is 4.90 Å². The Labute approximate surface area is 107 Å². The zero-order chi connectivity index (χ0) is 13.3. The van der Waals surface area contributed by atoms with Crippen LogP contribution >= 0.6 is 0 Å². The van der Waals surface area contributed by atoms with Crippen LogP contribution in [0.1, 0.15) is 39.0 Å². The average Bonchev–Trinajstić information content (AvgIpc) is 2.70. The van der Waals surface area contributed by atoms with Crippen molar-refractivity contribution in [3.63, 3.8) is 0 Å². The van der Waals surface area contributed by atoms with Gasteiger partial charge in [0.05, 0.1) is 0 Å². The van der Waals surface area contributed by atoms with E-state index in [4.69, 9.17) is 5.73 Å². The molecule has 0 bridgehead atoms. The summed E-state index contributed by atoms with van der Waals surface area (Å²) in [4.78, 5) is 14.2. The Morgan fingerprint density at radius 1 is 1.39 bits per heavy atom. The van der Waals surface area contributed by atoms with E-state index in [1.54, 1.807) is 0 Å². The van der Waals surface area contributed by atoms with Crippen molar-refractivity contribution in [1.29, 1.82) is 0 Å². The van der Waals surface area contributed by atoms with Crippen LogP contribution in [0.4, 0.5) is 8.78 Å². The van der Waals surface area contributed by atoms with E-state index in [1.165, 1.54) is 0 Å². The third-order valence-electron chi connectivity index (χ3n) is 4.34. The van der Waals surface area contributed by atoms with Gasteiger partial charge in [0.1, 0.15) is 0 Å². The van der Waals surface area contributed by atoms with Crippen LogP contribution in [0.3, 0.4) is 0 Å². The maximum Gasteiger partial charge on any atom is 0.248 e. The van der Waals surface area contributed by atoms with Crippen LogP contribution in [0.2, 0.25) is 0 Å². The number of amides is 1. The number of hydrogen-bond donors (Lipinski definition) is 1. The second kappa shape index (κ2) is 5.11. The van der Waals surface area contributed by atoms with Crippen molar-refractivity contribution >= 4 is 5.91 Å². The summed E-state index contributed by atoms with van der Waals surface area (Å²) in [5, 5.41) is 0. The molecule has 0 aromatic rings. The molecule has 1 amide bonds. The van der Waals surface area contributed by atoms with E-state index in [-0.39, 0.29) is 30.7 Å². The number of alkyl halides is 2. The van der Waals surface area contributed by atoms with Gasteiger partial charge >= 0.3 is 0 Å². The fraction of sp³-hybridized carbons (Fsp3) is 0.923.